The molecule has 4 nitrogen and oxygen atoms in total. The summed E-state index contributed by atoms with van der Waals surface area (Å²) in [6.07, 6.45) is -3.75. The zero-order valence-corrected chi connectivity index (χ0v) is 11.1. The van der Waals surface area contributed by atoms with Crippen LogP contribution in [0.4, 0.5) is 18.9 Å². The van der Waals surface area contributed by atoms with E-state index < -0.39 is 11.7 Å². The van der Waals surface area contributed by atoms with Gasteiger partial charge in [0, 0.05) is 17.3 Å². The number of halogens is 4. The van der Waals surface area contributed by atoms with E-state index in [2.05, 4.69) is 15.2 Å². The SMILES string of the molecule is Nc1ccc2c(-c3ncc(C(F)(F)F)cc3Cl)n[nH]c2c1. The molecular formula is C13H8ClF3N4. The largest absolute Gasteiger partial charge is 0.417 e. The van der Waals surface area contributed by atoms with E-state index in [0.29, 0.717) is 22.3 Å². The second kappa shape index (κ2) is 4.63. The van der Waals surface area contributed by atoms with Crippen molar-refractivity contribution in [1.82, 2.24) is 15.2 Å². The van der Waals surface area contributed by atoms with E-state index in [1.165, 1.54) is 0 Å². The van der Waals surface area contributed by atoms with Crippen LogP contribution in [0.15, 0.2) is 30.5 Å². The van der Waals surface area contributed by atoms with Gasteiger partial charge in [-0.15, -0.1) is 0 Å². The number of aromatic nitrogens is 3. The number of nitrogens with one attached hydrogen (secondary N) is 1. The fourth-order valence-electron chi connectivity index (χ4n) is 1.98. The minimum atomic E-state index is -4.49. The van der Waals surface area contributed by atoms with Crippen LogP contribution < -0.4 is 5.73 Å². The maximum atomic E-state index is 12.6. The second-order valence-electron chi connectivity index (χ2n) is 4.43. The number of nitrogens with two attached hydrogens (primary N) is 1. The van der Waals surface area contributed by atoms with Crippen molar-refractivity contribution in [2.45, 2.75) is 6.18 Å². The first-order valence-electron chi connectivity index (χ1n) is 5.83. The molecule has 2 aromatic heterocycles. The standard InChI is InChI=1S/C13H8ClF3N4/c14-9-3-6(13(15,16)17)5-19-12(9)11-8-2-1-7(18)4-10(8)20-21-11/h1-5H,18H2,(H,20,21). The quantitative estimate of drug-likeness (QED) is 0.670. The number of nitrogen functional groups attached to an aromatic ring is 1. The van der Waals surface area contributed by atoms with Gasteiger partial charge < -0.3 is 5.73 Å². The van der Waals surface area contributed by atoms with Crippen molar-refractivity contribution in [3.8, 4) is 11.4 Å². The average molecular weight is 313 g/mol. The van der Waals surface area contributed by atoms with E-state index in [9.17, 15) is 13.2 Å². The summed E-state index contributed by atoms with van der Waals surface area (Å²) in [5, 5.41) is 7.36. The molecule has 0 aliphatic rings. The first-order valence-corrected chi connectivity index (χ1v) is 6.21. The zero-order chi connectivity index (χ0) is 15.2. The van der Waals surface area contributed by atoms with Crippen LogP contribution in [0.2, 0.25) is 5.02 Å². The van der Waals surface area contributed by atoms with Crippen molar-refractivity contribution in [1.29, 1.82) is 0 Å². The molecule has 0 radical (unpaired) electrons. The molecular weight excluding hydrogens is 305 g/mol. The number of H-pyrrole nitrogens is 1. The number of rotatable bonds is 1. The van der Waals surface area contributed by atoms with Gasteiger partial charge in [-0.05, 0) is 24.3 Å². The lowest BCUT2D eigenvalue weighted by molar-refractivity contribution is -0.137. The topological polar surface area (TPSA) is 67.6 Å². The molecule has 0 fully saturated rings. The molecule has 0 aliphatic carbocycles. The van der Waals surface area contributed by atoms with E-state index in [4.69, 9.17) is 17.3 Å². The van der Waals surface area contributed by atoms with Crippen molar-refractivity contribution in [3.05, 3.63) is 41.0 Å². The Morgan fingerprint density at radius 2 is 1.90 bits per heavy atom. The summed E-state index contributed by atoms with van der Waals surface area (Å²) < 4.78 is 37.8. The average Bonchev–Trinajstić information content (AvgIpc) is 2.80. The summed E-state index contributed by atoms with van der Waals surface area (Å²) >= 11 is 5.92. The normalized spacial score (nSPS) is 12.0. The number of pyridine rings is 1. The molecule has 0 saturated carbocycles. The molecule has 21 heavy (non-hydrogen) atoms. The van der Waals surface area contributed by atoms with Gasteiger partial charge in [0.05, 0.1) is 16.1 Å². The Labute approximate surface area is 121 Å². The minimum absolute atomic E-state index is 0.116. The molecule has 0 atom stereocenters. The molecule has 0 spiro atoms. The molecule has 8 heteroatoms. The van der Waals surface area contributed by atoms with Crippen LogP contribution in [0.25, 0.3) is 22.3 Å². The third-order valence-electron chi connectivity index (χ3n) is 2.98. The summed E-state index contributed by atoms with van der Waals surface area (Å²) in [5.41, 5.74) is 6.51. The molecule has 3 aromatic rings. The van der Waals surface area contributed by atoms with Gasteiger partial charge in [-0.1, -0.05) is 11.6 Å². The third kappa shape index (κ3) is 2.40. The Balaban J connectivity index is 2.15. The summed E-state index contributed by atoms with van der Waals surface area (Å²) in [5.74, 6) is 0. The predicted octanol–water partition coefficient (Wildman–Crippen LogP) is 3.88. The summed E-state index contributed by atoms with van der Waals surface area (Å²) in [4.78, 5) is 3.79. The Hall–Kier alpha value is -2.28. The predicted molar refractivity (Wildman–Crippen MR) is 73.7 cm³/mol. The summed E-state index contributed by atoms with van der Waals surface area (Å²) in [6.45, 7) is 0. The number of fused-ring (bicyclic) bond motifs is 1. The highest BCUT2D eigenvalue weighted by atomic mass is 35.5. The van der Waals surface area contributed by atoms with Crippen LogP contribution in [-0.4, -0.2) is 15.2 Å². The number of benzene rings is 1. The number of nitrogens with zero attached hydrogens (tertiary/aromatic N) is 2. The zero-order valence-electron chi connectivity index (χ0n) is 10.4. The molecule has 1 aromatic carbocycles. The van der Waals surface area contributed by atoms with Crippen LogP contribution in [0.5, 0.6) is 0 Å². The smallest absolute Gasteiger partial charge is 0.399 e. The van der Waals surface area contributed by atoms with Gasteiger partial charge in [0.2, 0.25) is 0 Å². The van der Waals surface area contributed by atoms with Crippen molar-refractivity contribution >= 4 is 28.2 Å². The lowest BCUT2D eigenvalue weighted by Crippen LogP contribution is -2.05. The van der Waals surface area contributed by atoms with Crippen molar-refractivity contribution in [2.24, 2.45) is 0 Å². The van der Waals surface area contributed by atoms with Crippen LogP contribution in [0, 0.1) is 0 Å². The Bertz CT molecular complexity index is 826. The van der Waals surface area contributed by atoms with E-state index in [1.54, 1.807) is 18.2 Å². The van der Waals surface area contributed by atoms with Gasteiger partial charge in [0.1, 0.15) is 11.4 Å². The highest BCUT2D eigenvalue weighted by Crippen LogP contribution is 2.35. The minimum Gasteiger partial charge on any atom is -0.399 e. The second-order valence-corrected chi connectivity index (χ2v) is 4.84. The number of aromatic amines is 1. The maximum Gasteiger partial charge on any atom is 0.417 e. The number of hydrogen-bond donors (Lipinski definition) is 2. The van der Waals surface area contributed by atoms with Gasteiger partial charge in [0.25, 0.3) is 0 Å². The highest BCUT2D eigenvalue weighted by molar-refractivity contribution is 6.33. The molecule has 0 amide bonds. The van der Waals surface area contributed by atoms with E-state index in [0.717, 1.165) is 12.3 Å². The monoisotopic (exact) mass is 312 g/mol. The lowest BCUT2D eigenvalue weighted by atomic mass is 10.1. The Morgan fingerprint density at radius 3 is 2.57 bits per heavy atom. The van der Waals surface area contributed by atoms with Crippen molar-refractivity contribution in [2.75, 3.05) is 5.73 Å². The van der Waals surface area contributed by atoms with Crippen LogP contribution in [0.3, 0.4) is 0 Å². The fraction of sp³-hybridized carbons (Fsp3) is 0.0769. The summed E-state index contributed by atoms with van der Waals surface area (Å²) in [6, 6.07) is 5.88. The Morgan fingerprint density at radius 1 is 1.14 bits per heavy atom. The first-order chi connectivity index (χ1) is 9.86. The molecule has 3 N–H and O–H groups in total. The molecule has 108 valence electrons. The van der Waals surface area contributed by atoms with Crippen LogP contribution in [-0.2, 0) is 6.18 Å². The van der Waals surface area contributed by atoms with Gasteiger partial charge >= 0.3 is 6.18 Å². The molecule has 2 heterocycles. The van der Waals surface area contributed by atoms with Gasteiger partial charge in [-0.2, -0.15) is 18.3 Å². The van der Waals surface area contributed by atoms with Gasteiger partial charge in [-0.25, -0.2) is 0 Å². The third-order valence-corrected chi connectivity index (χ3v) is 3.27. The van der Waals surface area contributed by atoms with Gasteiger partial charge in [0.15, 0.2) is 0 Å². The number of hydrogen-bond acceptors (Lipinski definition) is 3. The van der Waals surface area contributed by atoms with E-state index in [1.807, 2.05) is 0 Å². The summed E-state index contributed by atoms with van der Waals surface area (Å²) in [7, 11) is 0. The van der Waals surface area contributed by atoms with Crippen LogP contribution in [0.1, 0.15) is 5.56 Å². The number of anilines is 1. The van der Waals surface area contributed by atoms with Crippen molar-refractivity contribution < 1.29 is 13.2 Å². The molecule has 0 unspecified atom stereocenters. The first kappa shape index (κ1) is 13.7. The molecule has 3 rings (SSSR count). The van der Waals surface area contributed by atoms with E-state index in [-0.39, 0.29) is 10.7 Å². The molecule has 0 saturated heterocycles. The molecule has 0 bridgehead atoms. The van der Waals surface area contributed by atoms with Gasteiger partial charge in [-0.3, -0.25) is 10.1 Å². The van der Waals surface area contributed by atoms with Crippen molar-refractivity contribution in [3.63, 3.8) is 0 Å². The lowest BCUT2D eigenvalue weighted by Gasteiger charge is -2.08. The molecule has 0 aliphatic heterocycles. The number of alkyl halides is 3. The van der Waals surface area contributed by atoms with E-state index >= 15 is 0 Å². The Kier molecular flexibility index (Phi) is 3.02. The van der Waals surface area contributed by atoms with Crippen LogP contribution >= 0.6 is 11.6 Å². The maximum absolute atomic E-state index is 12.6. The fourth-order valence-corrected chi connectivity index (χ4v) is 2.24. The highest BCUT2D eigenvalue weighted by Gasteiger charge is 2.32.